The average molecular weight is 342 g/mol. The maximum absolute atomic E-state index is 13.5. The van der Waals surface area contributed by atoms with Gasteiger partial charge in [-0.25, -0.2) is 9.37 Å². The van der Waals surface area contributed by atoms with Crippen LogP contribution in [0.2, 0.25) is 0 Å². The van der Waals surface area contributed by atoms with Crippen molar-refractivity contribution in [2.75, 3.05) is 0 Å². The van der Waals surface area contributed by atoms with E-state index >= 15 is 0 Å². The first-order valence-electron chi connectivity index (χ1n) is 7.67. The molecule has 0 fully saturated rings. The van der Waals surface area contributed by atoms with Crippen LogP contribution >= 0.6 is 0 Å². The van der Waals surface area contributed by atoms with Gasteiger partial charge in [-0.3, -0.25) is 4.57 Å². The van der Waals surface area contributed by atoms with Crippen LogP contribution in [0.4, 0.5) is 13.2 Å². The maximum Gasteiger partial charge on any atom is 0.320 e. The van der Waals surface area contributed by atoms with Gasteiger partial charge in [0.1, 0.15) is 23.8 Å². The van der Waals surface area contributed by atoms with Crippen molar-refractivity contribution in [3.63, 3.8) is 0 Å². The SMILES string of the molecule is Fc1cnc2c(c1)c1ccc(OCc3ccccc3)cc1n2C(F)F. The fourth-order valence-corrected chi connectivity index (χ4v) is 2.90. The molecule has 0 saturated heterocycles. The minimum Gasteiger partial charge on any atom is -0.489 e. The number of halogens is 3. The minimum atomic E-state index is -2.79. The van der Waals surface area contributed by atoms with Gasteiger partial charge in [0, 0.05) is 16.8 Å². The van der Waals surface area contributed by atoms with E-state index in [0.717, 1.165) is 16.3 Å². The molecule has 0 spiro atoms. The molecule has 0 unspecified atom stereocenters. The molecule has 126 valence electrons. The lowest BCUT2D eigenvalue weighted by Gasteiger charge is -2.08. The predicted octanol–water partition coefficient (Wildman–Crippen LogP) is 5.30. The Morgan fingerprint density at radius 1 is 1.00 bits per heavy atom. The number of rotatable bonds is 4. The van der Waals surface area contributed by atoms with Crippen LogP contribution in [0.3, 0.4) is 0 Å². The van der Waals surface area contributed by atoms with E-state index < -0.39 is 12.4 Å². The summed E-state index contributed by atoms with van der Waals surface area (Å²) in [6.45, 7) is -2.46. The van der Waals surface area contributed by atoms with Crippen LogP contribution in [-0.2, 0) is 6.61 Å². The molecule has 2 aromatic carbocycles. The van der Waals surface area contributed by atoms with Gasteiger partial charge in [-0.05, 0) is 23.8 Å². The summed E-state index contributed by atoms with van der Waals surface area (Å²) in [5.41, 5.74) is 1.28. The summed E-state index contributed by atoms with van der Waals surface area (Å²) >= 11 is 0. The summed E-state index contributed by atoms with van der Waals surface area (Å²) in [6.07, 6.45) is 0.937. The van der Waals surface area contributed by atoms with Gasteiger partial charge in [0.25, 0.3) is 0 Å². The van der Waals surface area contributed by atoms with Crippen molar-refractivity contribution in [1.29, 1.82) is 0 Å². The lowest BCUT2D eigenvalue weighted by atomic mass is 10.2. The normalized spacial score (nSPS) is 11.5. The smallest absolute Gasteiger partial charge is 0.320 e. The topological polar surface area (TPSA) is 27.1 Å². The lowest BCUT2D eigenvalue weighted by molar-refractivity contribution is 0.0790. The van der Waals surface area contributed by atoms with Gasteiger partial charge in [0.05, 0.1) is 11.7 Å². The molecule has 0 aliphatic heterocycles. The molecule has 2 heterocycles. The number of pyridine rings is 1. The molecule has 0 saturated carbocycles. The van der Waals surface area contributed by atoms with E-state index in [9.17, 15) is 13.2 Å². The number of hydrogen-bond donors (Lipinski definition) is 0. The highest BCUT2D eigenvalue weighted by molar-refractivity contribution is 6.07. The summed E-state index contributed by atoms with van der Waals surface area (Å²) in [5.74, 6) is -0.105. The molecule has 0 amide bonds. The molecule has 4 aromatic rings. The van der Waals surface area contributed by atoms with Crippen molar-refractivity contribution < 1.29 is 17.9 Å². The molecule has 0 aliphatic rings. The first-order chi connectivity index (χ1) is 12.1. The summed E-state index contributed by atoms with van der Waals surface area (Å²) in [5, 5.41) is 0.860. The van der Waals surface area contributed by atoms with Crippen LogP contribution in [0, 0.1) is 5.82 Å². The Labute approximate surface area is 141 Å². The van der Waals surface area contributed by atoms with Crippen LogP contribution < -0.4 is 4.74 Å². The standard InChI is InChI=1S/C19H13F3N2O/c20-13-8-16-15-7-6-14(25-11-12-4-2-1-3-5-12)9-17(15)24(19(21)22)18(16)23-10-13/h1-10,19H,11H2. The van der Waals surface area contributed by atoms with Crippen molar-refractivity contribution in [1.82, 2.24) is 9.55 Å². The third kappa shape index (κ3) is 2.80. The van der Waals surface area contributed by atoms with Gasteiger partial charge < -0.3 is 4.74 Å². The van der Waals surface area contributed by atoms with Crippen molar-refractivity contribution >= 4 is 21.9 Å². The lowest BCUT2D eigenvalue weighted by Crippen LogP contribution is -1.99. The number of benzene rings is 2. The first-order valence-corrected chi connectivity index (χ1v) is 7.67. The molecular formula is C19H13F3N2O. The molecule has 0 radical (unpaired) electrons. The molecule has 6 heteroatoms. The van der Waals surface area contributed by atoms with Gasteiger partial charge in [-0.15, -0.1) is 0 Å². The number of fused-ring (bicyclic) bond motifs is 3. The third-order valence-electron chi connectivity index (χ3n) is 4.02. The molecule has 25 heavy (non-hydrogen) atoms. The van der Waals surface area contributed by atoms with Crippen LogP contribution in [0.5, 0.6) is 5.75 Å². The largest absolute Gasteiger partial charge is 0.489 e. The second-order valence-electron chi connectivity index (χ2n) is 5.63. The predicted molar refractivity (Wildman–Crippen MR) is 89.2 cm³/mol. The highest BCUT2D eigenvalue weighted by Gasteiger charge is 2.19. The Hall–Kier alpha value is -3.02. The number of nitrogens with zero attached hydrogens (tertiary/aromatic N) is 2. The number of aromatic nitrogens is 2. The quantitative estimate of drug-likeness (QED) is 0.503. The minimum absolute atomic E-state index is 0.0478. The van der Waals surface area contributed by atoms with Crippen molar-refractivity contribution in [2.24, 2.45) is 0 Å². The van der Waals surface area contributed by atoms with Crippen LogP contribution in [-0.4, -0.2) is 9.55 Å². The van der Waals surface area contributed by atoms with E-state index in [2.05, 4.69) is 4.98 Å². The fraction of sp³-hybridized carbons (Fsp3) is 0.105. The molecule has 0 atom stereocenters. The molecular weight excluding hydrogens is 329 g/mol. The Kier molecular flexibility index (Phi) is 3.80. The Morgan fingerprint density at radius 3 is 2.56 bits per heavy atom. The Morgan fingerprint density at radius 2 is 1.80 bits per heavy atom. The van der Waals surface area contributed by atoms with Crippen LogP contribution in [0.25, 0.3) is 21.9 Å². The number of alkyl halides is 2. The van der Waals surface area contributed by atoms with Gasteiger partial charge in [-0.2, -0.15) is 8.78 Å². The number of ether oxygens (including phenoxy) is 1. The third-order valence-corrected chi connectivity index (χ3v) is 4.02. The zero-order valence-electron chi connectivity index (χ0n) is 13.0. The molecule has 2 aromatic heterocycles. The molecule has 3 nitrogen and oxygen atoms in total. The summed E-state index contributed by atoms with van der Waals surface area (Å²) in [7, 11) is 0. The van der Waals surface area contributed by atoms with Gasteiger partial charge >= 0.3 is 6.55 Å². The zero-order chi connectivity index (χ0) is 17.4. The van der Waals surface area contributed by atoms with Gasteiger partial charge in [-0.1, -0.05) is 30.3 Å². The van der Waals surface area contributed by atoms with Gasteiger partial charge in [0.15, 0.2) is 0 Å². The van der Waals surface area contributed by atoms with Crippen molar-refractivity contribution in [3.05, 3.63) is 72.2 Å². The van der Waals surface area contributed by atoms with Crippen LogP contribution in [0.15, 0.2) is 60.8 Å². The summed E-state index contributed by atoms with van der Waals surface area (Å²) < 4.78 is 47.0. The van der Waals surface area contributed by atoms with E-state index in [1.54, 1.807) is 12.1 Å². The monoisotopic (exact) mass is 342 g/mol. The zero-order valence-corrected chi connectivity index (χ0v) is 13.0. The first kappa shape index (κ1) is 15.5. The molecule has 0 aliphatic carbocycles. The molecule has 4 rings (SSSR count). The van der Waals surface area contributed by atoms with E-state index in [-0.39, 0.29) is 11.2 Å². The average Bonchev–Trinajstić information content (AvgIpc) is 2.94. The Balaban J connectivity index is 1.79. The highest BCUT2D eigenvalue weighted by Crippen LogP contribution is 2.34. The van der Waals surface area contributed by atoms with E-state index in [1.165, 1.54) is 12.1 Å². The van der Waals surface area contributed by atoms with E-state index in [4.69, 9.17) is 4.74 Å². The van der Waals surface area contributed by atoms with E-state index in [0.29, 0.717) is 23.1 Å². The van der Waals surface area contributed by atoms with Gasteiger partial charge in [0.2, 0.25) is 0 Å². The second-order valence-corrected chi connectivity index (χ2v) is 5.63. The van der Waals surface area contributed by atoms with Crippen molar-refractivity contribution in [3.8, 4) is 5.75 Å². The van der Waals surface area contributed by atoms with Crippen molar-refractivity contribution in [2.45, 2.75) is 13.2 Å². The molecule has 0 N–H and O–H groups in total. The highest BCUT2D eigenvalue weighted by atomic mass is 19.3. The summed E-state index contributed by atoms with van der Waals surface area (Å²) in [6, 6.07) is 15.6. The fourth-order valence-electron chi connectivity index (χ4n) is 2.90. The van der Waals surface area contributed by atoms with Crippen LogP contribution in [0.1, 0.15) is 12.1 Å². The second kappa shape index (κ2) is 6.12. The van der Waals surface area contributed by atoms with E-state index in [1.807, 2.05) is 30.3 Å². The number of hydrogen-bond acceptors (Lipinski definition) is 2. The summed E-state index contributed by atoms with van der Waals surface area (Å²) in [4.78, 5) is 3.83. The Bertz CT molecular complexity index is 1040. The maximum atomic E-state index is 13.5. The molecule has 0 bridgehead atoms.